The number of piperazine rings is 1. The van der Waals surface area contributed by atoms with Gasteiger partial charge in [-0.15, -0.1) is 0 Å². The van der Waals surface area contributed by atoms with Crippen molar-refractivity contribution in [2.24, 2.45) is 14.1 Å². The van der Waals surface area contributed by atoms with E-state index >= 15 is 0 Å². The minimum absolute atomic E-state index is 0.226. The summed E-state index contributed by atoms with van der Waals surface area (Å²) in [5.74, 6) is 0.603. The first-order valence-corrected chi connectivity index (χ1v) is 11.8. The maximum atomic E-state index is 13.2. The Balaban J connectivity index is 1.57. The molecule has 0 atom stereocenters. The number of fused-ring (bicyclic) bond motifs is 1. The van der Waals surface area contributed by atoms with E-state index < -0.39 is 0 Å². The molecule has 2 aromatic heterocycles. The van der Waals surface area contributed by atoms with Gasteiger partial charge in [0, 0.05) is 52.5 Å². The molecule has 0 saturated carbocycles. The van der Waals surface area contributed by atoms with Crippen molar-refractivity contribution in [1.82, 2.24) is 23.6 Å². The molecule has 3 heterocycles. The molecule has 0 bridgehead atoms. The van der Waals surface area contributed by atoms with E-state index in [1.165, 1.54) is 23.7 Å². The monoisotopic (exact) mass is 456 g/mol. The summed E-state index contributed by atoms with van der Waals surface area (Å²) >= 11 is 0. The van der Waals surface area contributed by atoms with E-state index in [1.807, 2.05) is 16.7 Å². The van der Waals surface area contributed by atoms with Crippen molar-refractivity contribution >= 4 is 16.9 Å². The maximum Gasteiger partial charge on any atom is 0.332 e. The van der Waals surface area contributed by atoms with Gasteiger partial charge in [-0.2, -0.15) is 0 Å². The largest absolute Gasteiger partial charge is 0.369 e. The van der Waals surface area contributed by atoms with E-state index in [9.17, 15) is 14.0 Å². The summed E-state index contributed by atoms with van der Waals surface area (Å²) in [7, 11) is 3.19. The normalized spacial score (nSPS) is 15.0. The third-order valence-corrected chi connectivity index (χ3v) is 6.59. The summed E-state index contributed by atoms with van der Waals surface area (Å²) in [6.45, 7) is 6.87. The molecule has 0 spiro atoms. The van der Waals surface area contributed by atoms with Gasteiger partial charge < -0.3 is 9.47 Å². The zero-order valence-corrected chi connectivity index (χ0v) is 19.8. The van der Waals surface area contributed by atoms with E-state index in [4.69, 9.17) is 4.98 Å². The summed E-state index contributed by atoms with van der Waals surface area (Å²) in [6, 6.07) is 6.62. The van der Waals surface area contributed by atoms with Crippen molar-refractivity contribution in [2.75, 3.05) is 31.1 Å². The van der Waals surface area contributed by atoms with Gasteiger partial charge >= 0.3 is 5.69 Å². The number of nitrogens with zero attached hydrogens (tertiary/aromatic N) is 6. The van der Waals surface area contributed by atoms with Gasteiger partial charge in [0.25, 0.3) is 5.56 Å². The predicted molar refractivity (Wildman–Crippen MR) is 128 cm³/mol. The Morgan fingerprint density at radius 2 is 1.64 bits per heavy atom. The molecule has 1 saturated heterocycles. The van der Waals surface area contributed by atoms with Gasteiger partial charge in [0.05, 0.1) is 6.54 Å². The number of hydrogen-bond donors (Lipinski definition) is 0. The number of rotatable bonds is 8. The zero-order chi connectivity index (χ0) is 23.5. The van der Waals surface area contributed by atoms with Gasteiger partial charge in [-0.05, 0) is 30.7 Å². The Morgan fingerprint density at radius 3 is 2.30 bits per heavy atom. The first-order valence-electron chi connectivity index (χ1n) is 11.8. The van der Waals surface area contributed by atoms with E-state index in [0.717, 1.165) is 74.5 Å². The lowest BCUT2D eigenvalue weighted by molar-refractivity contribution is 0.240. The van der Waals surface area contributed by atoms with Crippen molar-refractivity contribution in [3.05, 3.63) is 56.7 Å². The smallest absolute Gasteiger partial charge is 0.332 e. The average molecular weight is 457 g/mol. The SMILES string of the molecule is CCCCCCn1c(CN2CCN(c3ccc(F)cc3)CC2)nc2c1c(=O)n(C)c(=O)n2C. The summed E-state index contributed by atoms with van der Waals surface area (Å²) < 4.78 is 17.9. The lowest BCUT2D eigenvalue weighted by Gasteiger charge is -2.36. The molecular weight excluding hydrogens is 423 g/mol. The van der Waals surface area contributed by atoms with Crippen LogP contribution in [0.1, 0.15) is 38.4 Å². The highest BCUT2D eigenvalue weighted by Crippen LogP contribution is 2.19. The Morgan fingerprint density at radius 1 is 0.939 bits per heavy atom. The Hall–Kier alpha value is -2.94. The molecule has 0 N–H and O–H groups in total. The van der Waals surface area contributed by atoms with Crippen LogP contribution in [0.25, 0.3) is 11.2 Å². The molecule has 0 unspecified atom stereocenters. The first-order chi connectivity index (χ1) is 15.9. The van der Waals surface area contributed by atoms with Crippen LogP contribution in [0.15, 0.2) is 33.9 Å². The summed E-state index contributed by atoms with van der Waals surface area (Å²) in [5.41, 5.74) is 1.35. The standard InChI is InChI=1S/C24H33FN6O2/c1-4-5-6-7-12-31-20(26-22-21(31)23(32)28(3)24(33)27(22)2)17-29-13-15-30(16-14-29)19-10-8-18(25)9-11-19/h8-11H,4-7,12-17H2,1-3H3. The van der Waals surface area contributed by atoms with Crippen molar-refractivity contribution < 1.29 is 4.39 Å². The highest BCUT2D eigenvalue weighted by molar-refractivity contribution is 5.71. The van der Waals surface area contributed by atoms with Crippen LogP contribution in [-0.2, 0) is 27.2 Å². The zero-order valence-electron chi connectivity index (χ0n) is 19.8. The van der Waals surface area contributed by atoms with Crippen molar-refractivity contribution in [2.45, 2.75) is 45.7 Å². The molecule has 178 valence electrons. The number of anilines is 1. The fraction of sp³-hybridized carbons (Fsp3) is 0.542. The van der Waals surface area contributed by atoms with E-state index in [2.05, 4.69) is 16.7 Å². The third kappa shape index (κ3) is 4.73. The van der Waals surface area contributed by atoms with Crippen LogP contribution in [0.4, 0.5) is 10.1 Å². The predicted octanol–water partition coefficient (Wildman–Crippen LogP) is 2.48. The van der Waals surface area contributed by atoms with Crippen molar-refractivity contribution in [1.29, 1.82) is 0 Å². The number of halogens is 1. The Kier molecular flexibility index (Phi) is 6.97. The molecule has 8 nitrogen and oxygen atoms in total. The van der Waals surface area contributed by atoms with Gasteiger partial charge in [-0.1, -0.05) is 26.2 Å². The average Bonchev–Trinajstić information content (AvgIpc) is 3.18. The van der Waals surface area contributed by atoms with E-state index in [-0.39, 0.29) is 17.1 Å². The fourth-order valence-corrected chi connectivity index (χ4v) is 4.57. The van der Waals surface area contributed by atoms with Crippen LogP contribution in [0.3, 0.4) is 0 Å². The minimum Gasteiger partial charge on any atom is -0.369 e. The van der Waals surface area contributed by atoms with Crippen LogP contribution in [0.2, 0.25) is 0 Å². The number of aryl methyl sites for hydroxylation is 2. The molecule has 0 aliphatic carbocycles. The van der Waals surface area contributed by atoms with Crippen molar-refractivity contribution in [3.63, 3.8) is 0 Å². The third-order valence-electron chi connectivity index (χ3n) is 6.59. The lowest BCUT2D eigenvalue weighted by Crippen LogP contribution is -2.46. The molecule has 3 aromatic rings. The molecular formula is C24H33FN6O2. The summed E-state index contributed by atoms with van der Waals surface area (Å²) in [5, 5.41) is 0. The quantitative estimate of drug-likeness (QED) is 0.487. The van der Waals surface area contributed by atoms with Crippen LogP contribution in [0.5, 0.6) is 0 Å². The molecule has 4 rings (SSSR count). The maximum absolute atomic E-state index is 13.2. The number of imidazole rings is 1. The van der Waals surface area contributed by atoms with Gasteiger partial charge in [0.1, 0.15) is 11.6 Å². The van der Waals surface area contributed by atoms with Crippen LogP contribution in [0, 0.1) is 5.82 Å². The first kappa shape index (κ1) is 23.2. The summed E-state index contributed by atoms with van der Waals surface area (Å²) in [4.78, 5) is 34.8. The number of unbranched alkanes of at least 4 members (excludes halogenated alkanes) is 3. The minimum atomic E-state index is -0.359. The molecule has 9 heteroatoms. The highest BCUT2D eigenvalue weighted by Gasteiger charge is 2.23. The van der Waals surface area contributed by atoms with E-state index in [1.54, 1.807) is 7.05 Å². The van der Waals surface area contributed by atoms with E-state index in [0.29, 0.717) is 17.7 Å². The van der Waals surface area contributed by atoms with Crippen LogP contribution >= 0.6 is 0 Å². The van der Waals surface area contributed by atoms with Gasteiger partial charge in [-0.3, -0.25) is 18.8 Å². The van der Waals surface area contributed by atoms with Gasteiger partial charge in [0.2, 0.25) is 0 Å². The summed E-state index contributed by atoms with van der Waals surface area (Å²) in [6.07, 6.45) is 4.37. The molecule has 0 amide bonds. The second kappa shape index (κ2) is 9.91. The van der Waals surface area contributed by atoms with Gasteiger partial charge in [0.15, 0.2) is 11.2 Å². The van der Waals surface area contributed by atoms with Crippen LogP contribution in [-0.4, -0.2) is 49.8 Å². The molecule has 0 radical (unpaired) electrons. The molecule has 1 aromatic carbocycles. The number of aromatic nitrogens is 4. The molecule has 1 fully saturated rings. The fourth-order valence-electron chi connectivity index (χ4n) is 4.57. The second-order valence-electron chi connectivity index (χ2n) is 8.86. The van der Waals surface area contributed by atoms with Gasteiger partial charge in [-0.25, -0.2) is 14.2 Å². The second-order valence-corrected chi connectivity index (χ2v) is 8.86. The number of hydrogen-bond acceptors (Lipinski definition) is 5. The van der Waals surface area contributed by atoms with Crippen molar-refractivity contribution in [3.8, 4) is 0 Å². The molecule has 1 aliphatic rings. The Labute approximate surface area is 192 Å². The lowest BCUT2D eigenvalue weighted by atomic mass is 10.2. The highest BCUT2D eigenvalue weighted by atomic mass is 19.1. The Bertz CT molecular complexity index is 1220. The molecule has 33 heavy (non-hydrogen) atoms. The number of benzene rings is 1. The van der Waals surface area contributed by atoms with Crippen LogP contribution < -0.4 is 16.1 Å². The molecule has 1 aliphatic heterocycles. The topological polar surface area (TPSA) is 68.3 Å².